The zero-order valence-electron chi connectivity index (χ0n) is 40.2. The van der Waals surface area contributed by atoms with E-state index >= 15 is 0 Å². The summed E-state index contributed by atoms with van der Waals surface area (Å²) < 4.78 is 5.59. The van der Waals surface area contributed by atoms with Gasteiger partial charge < -0.3 is 9.64 Å². The third-order valence-corrected chi connectivity index (χ3v) is 13.0. The summed E-state index contributed by atoms with van der Waals surface area (Å²) >= 11 is 0. The Hall–Kier alpha value is -8.05. The van der Waals surface area contributed by atoms with Crippen molar-refractivity contribution in [2.45, 2.75) is 78.7 Å². The van der Waals surface area contributed by atoms with Gasteiger partial charge in [-0.1, -0.05) is 80.9 Å². The fraction of sp³-hybridized carbons (Fsp3) is 0.224. The molecular weight excluding hydrogens is 855 g/mol. The van der Waals surface area contributed by atoms with Crippen molar-refractivity contribution in [3.05, 3.63) is 179 Å². The quantitative estimate of drug-likeness (QED) is 0.0649. The number of rotatable bonds is 13. The van der Waals surface area contributed by atoms with E-state index in [1.165, 1.54) is 16.8 Å². The van der Waals surface area contributed by atoms with E-state index in [0.717, 1.165) is 75.4 Å². The number of anilines is 1. The van der Waals surface area contributed by atoms with Crippen LogP contribution in [0.3, 0.4) is 0 Å². The highest BCUT2D eigenvalue weighted by Crippen LogP contribution is 2.45. The number of azo groups is 4. The summed E-state index contributed by atoms with van der Waals surface area (Å²) in [6, 6.07) is 48.5. The first-order valence-electron chi connectivity index (χ1n) is 23.5. The summed E-state index contributed by atoms with van der Waals surface area (Å²) in [5.41, 5.74) is 12.2. The highest BCUT2D eigenvalue weighted by atomic mass is 16.5. The van der Waals surface area contributed by atoms with E-state index in [0.29, 0.717) is 45.7 Å². The summed E-state index contributed by atoms with van der Waals surface area (Å²) in [6.07, 6.45) is 4.33. The minimum Gasteiger partial charge on any atom is -0.423 e. The van der Waals surface area contributed by atoms with E-state index in [1.54, 1.807) is 24.3 Å². The molecule has 0 amide bonds. The van der Waals surface area contributed by atoms with Crippen LogP contribution in [0.5, 0.6) is 5.75 Å². The van der Waals surface area contributed by atoms with Gasteiger partial charge in [0.1, 0.15) is 5.75 Å². The Morgan fingerprint density at radius 1 is 0.580 bits per heavy atom. The molecule has 9 rings (SSSR count). The van der Waals surface area contributed by atoms with E-state index in [1.807, 2.05) is 122 Å². The third-order valence-electron chi connectivity index (χ3n) is 13.0. The van der Waals surface area contributed by atoms with Gasteiger partial charge in [-0.15, -0.1) is 20.5 Å². The minimum absolute atomic E-state index is 0.0936. The minimum atomic E-state index is -0.400. The molecule has 0 N–H and O–H groups in total. The zero-order chi connectivity index (χ0) is 48.1. The van der Waals surface area contributed by atoms with Gasteiger partial charge >= 0.3 is 5.97 Å². The van der Waals surface area contributed by atoms with Crippen LogP contribution >= 0.6 is 0 Å². The lowest BCUT2D eigenvalue weighted by atomic mass is 9.80. The largest absolute Gasteiger partial charge is 0.423 e. The van der Waals surface area contributed by atoms with Crippen LogP contribution in [-0.2, 0) is 6.42 Å². The second kappa shape index (κ2) is 20.0. The third kappa shape index (κ3) is 10.3. The number of nitrogens with zero attached hydrogens (tertiary/aromatic N) is 9. The van der Waals surface area contributed by atoms with Gasteiger partial charge in [0.05, 0.1) is 51.1 Å². The lowest BCUT2D eigenvalue weighted by molar-refractivity contribution is 0.0734. The Bertz CT molecular complexity index is 3320. The smallest absolute Gasteiger partial charge is 0.343 e. The number of benzene rings is 8. The van der Waals surface area contributed by atoms with Gasteiger partial charge in [-0.2, -0.15) is 20.5 Å². The van der Waals surface area contributed by atoms with Crippen molar-refractivity contribution in [3.8, 4) is 5.75 Å². The Labute approximate surface area is 403 Å². The molecule has 11 nitrogen and oxygen atoms in total. The Kier molecular flexibility index (Phi) is 13.4. The molecule has 11 heteroatoms. The number of aryl methyl sites for hydroxylation is 3. The molecule has 0 radical (unpaired) electrons. The molecule has 1 heterocycles. The fourth-order valence-corrected chi connectivity index (χ4v) is 8.88. The number of unbranched alkanes of at least 4 members (excludes halogenated alkanes) is 1. The van der Waals surface area contributed by atoms with E-state index in [-0.39, 0.29) is 5.54 Å². The normalized spacial score (nSPS) is 14.8. The molecule has 1 aliphatic heterocycles. The fourth-order valence-electron chi connectivity index (χ4n) is 8.88. The van der Waals surface area contributed by atoms with Crippen molar-refractivity contribution in [1.29, 1.82) is 0 Å². The SMILES string of the molecule is CCCCc1ccc(C(=O)Oc2ccc(N=Nc3ccc(N=Nc4ccc(N=Nc5ccc(N=Nc6cc7c(cc6C)N(C)C(C)(C)CC7C)c6ccccc56)c5ccccc45)cc3C)cc2)cc1. The number of fused-ring (bicyclic) bond motifs is 3. The molecule has 344 valence electrons. The Morgan fingerprint density at radius 2 is 1.06 bits per heavy atom. The molecule has 0 spiro atoms. The van der Waals surface area contributed by atoms with Crippen molar-refractivity contribution in [2.75, 3.05) is 11.9 Å². The van der Waals surface area contributed by atoms with Gasteiger partial charge in [0.15, 0.2) is 0 Å². The molecule has 0 saturated carbocycles. The van der Waals surface area contributed by atoms with E-state index in [9.17, 15) is 4.79 Å². The molecular formula is C58H55N9O2. The maximum absolute atomic E-state index is 12.7. The van der Waals surface area contributed by atoms with Crippen molar-refractivity contribution in [3.63, 3.8) is 0 Å². The van der Waals surface area contributed by atoms with Crippen molar-refractivity contribution < 1.29 is 9.53 Å². The second-order valence-corrected chi connectivity index (χ2v) is 18.4. The van der Waals surface area contributed by atoms with Crippen LogP contribution in [0.25, 0.3) is 21.5 Å². The van der Waals surface area contributed by atoms with Gasteiger partial charge in [0.25, 0.3) is 0 Å². The van der Waals surface area contributed by atoms with Crippen LogP contribution in [0.2, 0.25) is 0 Å². The van der Waals surface area contributed by atoms with Crippen LogP contribution in [0, 0.1) is 13.8 Å². The van der Waals surface area contributed by atoms with E-state index in [2.05, 4.69) is 79.2 Å². The van der Waals surface area contributed by atoms with E-state index in [4.69, 9.17) is 25.2 Å². The van der Waals surface area contributed by atoms with Crippen LogP contribution in [0.1, 0.15) is 85.5 Å². The predicted octanol–water partition coefficient (Wildman–Crippen LogP) is 18.6. The molecule has 8 aromatic carbocycles. The molecule has 1 unspecified atom stereocenters. The average molecular weight is 910 g/mol. The molecule has 0 saturated heterocycles. The standard InChI is InChI=1S/C58H55N9O2/c1-8-9-14-40-19-21-41(22-20-40)57(68)69-44-26-23-42(24-27-44)59-61-50-28-25-43(33-37(50)2)60-62-51-29-30-52(46-16-11-10-15-45(46)51)63-64-53-31-32-54(48-18-13-12-17-47(48)53)65-66-55-35-49-39(4)36-58(5,6)67(7)56(49)34-38(55)3/h10-13,15-35,39H,8-9,14,36H2,1-7H3. The summed E-state index contributed by atoms with van der Waals surface area (Å²) in [4.78, 5) is 15.1. The Balaban J connectivity index is 0.869. The van der Waals surface area contributed by atoms with Gasteiger partial charge in [0, 0.05) is 39.8 Å². The summed E-state index contributed by atoms with van der Waals surface area (Å²) in [5, 5.41) is 40.9. The number of carbonyl (C=O) groups is 1. The monoisotopic (exact) mass is 909 g/mol. The van der Waals surface area contributed by atoms with Crippen molar-refractivity contribution >= 4 is 78.7 Å². The van der Waals surface area contributed by atoms with Crippen LogP contribution < -0.4 is 9.64 Å². The first kappa shape index (κ1) is 46.1. The van der Waals surface area contributed by atoms with Crippen molar-refractivity contribution in [1.82, 2.24) is 0 Å². The topological polar surface area (TPSA) is 128 Å². The van der Waals surface area contributed by atoms with Gasteiger partial charge in [0.2, 0.25) is 0 Å². The average Bonchev–Trinajstić information content (AvgIpc) is 3.36. The molecule has 0 bridgehead atoms. The van der Waals surface area contributed by atoms with Crippen LogP contribution in [-0.4, -0.2) is 18.6 Å². The second-order valence-electron chi connectivity index (χ2n) is 18.4. The van der Waals surface area contributed by atoms with Gasteiger partial charge in [-0.05, 0) is 166 Å². The number of esters is 1. The molecule has 1 atom stereocenters. The number of ether oxygens (including phenoxy) is 1. The van der Waals surface area contributed by atoms with Gasteiger partial charge in [-0.25, -0.2) is 4.79 Å². The Morgan fingerprint density at radius 3 is 1.61 bits per heavy atom. The summed E-state index contributed by atoms with van der Waals surface area (Å²) in [7, 11) is 2.18. The van der Waals surface area contributed by atoms with Crippen LogP contribution in [0.4, 0.5) is 51.2 Å². The van der Waals surface area contributed by atoms with Crippen molar-refractivity contribution in [2.24, 2.45) is 40.9 Å². The lowest BCUT2D eigenvalue weighted by Gasteiger charge is -2.45. The predicted molar refractivity (Wildman–Crippen MR) is 279 cm³/mol. The molecule has 0 aromatic heterocycles. The van der Waals surface area contributed by atoms with E-state index < -0.39 is 5.97 Å². The highest BCUT2D eigenvalue weighted by molar-refractivity contribution is 6.01. The molecule has 0 aliphatic carbocycles. The first-order valence-corrected chi connectivity index (χ1v) is 23.5. The number of hydrogen-bond donors (Lipinski definition) is 0. The number of hydrogen-bond acceptors (Lipinski definition) is 11. The van der Waals surface area contributed by atoms with Gasteiger partial charge in [-0.3, -0.25) is 0 Å². The number of carbonyl (C=O) groups excluding carboxylic acids is 1. The summed E-state index contributed by atoms with van der Waals surface area (Å²) in [6.45, 7) is 13.1. The van der Waals surface area contributed by atoms with Crippen LogP contribution in [0.15, 0.2) is 193 Å². The molecule has 69 heavy (non-hydrogen) atoms. The zero-order valence-corrected chi connectivity index (χ0v) is 40.2. The molecule has 0 fully saturated rings. The maximum Gasteiger partial charge on any atom is 0.343 e. The maximum atomic E-state index is 12.7. The first-order chi connectivity index (χ1) is 33.4. The lowest BCUT2D eigenvalue weighted by Crippen LogP contribution is -2.45. The molecule has 8 aromatic rings. The highest BCUT2D eigenvalue weighted by Gasteiger charge is 2.34. The summed E-state index contributed by atoms with van der Waals surface area (Å²) in [5.74, 6) is 0.460. The molecule has 1 aliphatic rings.